The monoisotopic (exact) mass is 227 g/mol. The third-order valence-corrected chi connectivity index (χ3v) is 3.02. The van der Waals surface area contributed by atoms with Crippen LogP contribution in [0.4, 0.5) is 8.78 Å². The van der Waals surface area contributed by atoms with E-state index < -0.39 is 6.43 Å². The van der Waals surface area contributed by atoms with Gasteiger partial charge in [0.2, 0.25) is 0 Å². The summed E-state index contributed by atoms with van der Waals surface area (Å²) in [4.78, 5) is 0. The van der Waals surface area contributed by atoms with E-state index >= 15 is 0 Å². The van der Waals surface area contributed by atoms with E-state index in [0.29, 0.717) is 17.7 Å². The van der Waals surface area contributed by atoms with Crippen LogP contribution in [0.25, 0.3) is 0 Å². The lowest BCUT2D eigenvalue weighted by atomic mass is 9.99. The van der Waals surface area contributed by atoms with Crippen molar-refractivity contribution in [3.05, 3.63) is 29.3 Å². The maximum absolute atomic E-state index is 12.8. The molecule has 0 aromatic heterocycles. The van der Waals surface area contributed by atoms with Gasteiger partial charge >= 0.3 is 0 Å². The fourth-order valence-electron chi connectivity index (χ4n) is 1.79. The van der Waals surface area contributed by atoms with Gasteiger partial charge in [-0.05, 0) is 43.0 Å². The van der Waals surface area contributed by atoms with Crippen molar-refractivity contribution in [2.45, 2.75) is 31.2 Å². The molecule has 0 atom stereocenters. The number of alkyl halides is 2. The molecular formula is C12H15F2NO. The smallest absolute Gasteiger partial charge is 0.264 e. The van der Waals surface area contributed by atoms with Gasteiger partial charge in [0.25, 0.3) is 6.43 Å². The van der Waals surface area contributed by atoms with Crippen molar-refractivity contribution in [2.24, 2.45) is 5.73 Å². The first-order chi connectivity index (χ1) is 7.54. The van der Waals surface area contributed by atoms with E-state index in [0.717, 1.165) is 12.8 Å². The Kier molecular flexibility index (Phi) is 2.84. The van der Waals surface area contributed by atoms with Crippen LogP contribution in [0, 0.1) is 0 Å². The van der Waals surface area contributed by atoms with Crippen molar-refractivity contribution in [3.8, 4) is 5.75 Å². The van der Waals surface area contributed by atoms with E-state index in [1.165, 1.54) is 13.2 Å². The average Bonchev–Trinajstić information content (AvgIpc) is 2.95. The van der Waals surface area contributed by atoms with Gasteiger partial charge in [0.05, 0.1) is 7.11 Å². The maximum Gasteiger partial charge on any atom is 0.264 e. The minimum Gasteiger partial charge on any atom is -0.497 e. The lowest BCUT2D eigenvalue weighted by Gasteiger charge is -2.14. The zero-order chi connectivity index (χ0) is 11.8. The van der Waals surface area contributed by atoms with Gasteiger partial charge in [-0.1, -0.05) is 0 Å². The van der Waals surface area contributed by atoms with E-state index in [9.17, 15) is 8.78 Å². The molecule has 0 bridgehead atoms. The Morgan fingerprint density at radius 2 is 2.12 bits per heavy atom. The second-order valence-electron chi connectivity index (χ2n) is 4.40. The van der Waals surface area contributed by atoms with Gasteiger partial charge in [0.15, 0.2) is 0 Å². The summed E-state index contributed by atoms with van der Waals surface area (Å²) in [5.41, 5.74) is 6.36. The van der Waals surface area contributed by atoms with Gasteiger partial charge in [0, 0.05) is 11.1 Å². The molecule has 16 heavy (non-hydrogen) atoms. The normalized spacial score (nSPS) is 17.6. The molecule has 1 aliphatic carbocycles. The van der Waals surface area contributed by atoms with Gasteiger partial charge in [-0.25, -0.2) is 8.78 Å². The molecule has 0 radical (unpaired) electrons. The number of rotatable bonds is 4. The van der Waals surface area contributed by atoms with Crippen LogP contribution in [-0.2, 0) is 6.42 Å². The molecule has 4 heteroatoms. The summed E-state index contributed by atoms with van der Waals surface area (Å²) in [6, 6.07) is 4.64. The van der Waals surface area contributed by atoms with Crippen molar-refractivity contribution in [3.63, 3.8) is 0 Å². The highest BCUT2D eigenvalue weighted by atomic mass is 19.3. The fraction of sp³-hybridized carbons (Fsp3) is 0.500. The van der Waals surface area contributed by atoms with Crippen LogP contribution >= 0.6 is 0 Å². The predicted octanol–water partition coefficient (Wildman–Crippen LogP) is 2.67. The average molecular weight is 227 g/mol. The second-order valence-corrected chi connectivity index (χ2v) is 4.40. The molecule has 0 amide bonds. The Balaban J connectivity index is 2.30. The van der Waals surface area contributed by atoms with Crippen LogP contribution in [0.5, 0.6) is 5.75 Å². The summed E-state index contributed by atoms with van der Waals surface area (Å²) >= 11 is 0. The molecule has 1 fully saturated rings. The molecule has 1 saturated carbocycles. The summed E-state index contributed by atoms with van der Waals surface area (Å²) in [7, 11) is 1.52. The summed E-state index contributed by atoms with van der Waals surface area (Å²) in [5, 5.41) is 0. The SMILES string of the molecule is COc1ccc(C(F)F)c(CC2(N)CC2)c1. The van der Waals surface area contributed by atoms with Crippen molar-refractivity contribution >= 4 is 0 Å². The molecular weight excluding hydrogens is 212 g/mol. The zero-order valence-corrected chi connectivity index (χ0v) is 9.17. The Labute approximate surface area is 93.4 Å². The Bertz CT molecular complexity index is 389. The van der Waals surface area contributed by atoms with Crippen molar-refractivity contribution in [1.29, 1.82) is 0 Å². The first-order valence-electron chi connectivity index (χ1n) is 5.28. The number of methoxy groups -OCH3 is 1. The first kappa shape index (κ1) is 11.3. The Hall–Kier alpha value is -1.16. The molecule has 1 aliphatic rings. The van der Waals surface area contributed by atoms with Gasteiger partial charge in [-0.3, -0.25) is 0 Å². The lowest BCUT2D eigenvalue weighted by molar-refractivity contribution is 0.150. The summed E-state index contributed by atoms with van der Waals surface area (Å²) in [5.74, 6) is 0.601. The van der Waals surface area contributed by atoms with Crippen LogP contribution in [0.3, 0.4) is 0 Å². The highest BCUT2D eigenvalue weighted by Crippen LogP contribution is 2.38. The largest absolute Gasteiger partial charge is 0.497 e. The Morgan fingerprint density at radius 1 is 1.44 bits per heavy atom. The Morgan fingerprint density at radius 3 is 2.62 bits per heavy atom. The molecule has 88 valence electrons. The number of nitrogens with two attached hydrogens (primary N) is 1. The number of halogens is 2. The first-order valence-corrected chi connectivity index (χ1v) is 5.28. The molecule has 1 aromatic rings. The molecule has 2 rings (SSSR count). The lowest BCUT2D eigenvalue weighted by Crippen LogP contribution is -2.25. The van der Waals surface area contributed by atoms with Crippen LogP contribution in [0.2, 0.25) is 0 Å². The predicted molar refractivity (Wildman–Crippen MR) is 57.8 cm³/mol. The number of benzene rings is 1. The van der Waals surface area contributed by atoms with Crippen molar-refractivity contribution < 1.29 is 13.5 Å². The van der Waals surface area contributed by atoms with Gasteiger partial charge in [0.1, 0.15) is 5.75 Å². The van der Waals surface area contributed by atoms with Crippen molar-refractivity contribution in [2.75, 3.05) is 7.11 Å². The van der Waals surface area contributed by atoms with Crippen LogP contribution in [-0.4, -0.2) is 12.6 Å². The number of hydrogen-bond donors (Lipinski definition) is 1. The quantitative estimate of drug-likeness (QED) is 0.858. The maximum atomic E-state index is 12.8. The minimum atomic E-state index is -2.46. The second kappa shape index (κ2) is 4.01. The van der Waals surface area contributed by atoms with Gasteiger partial charge in [-0.15, -0.1) is 0 Å². The van der Waals surface area contributed by atoms with E-state index in [1.54, 1.807) is 12.1 Å². The highest BCUT2D eigenvalue weighted by Gasteiger charge is 2.39. The standard InChI is InChI=1S/C12H15F2NO/c1-16-9-2-3-10(11(13)14)8(6-9)7-12(15)4-5-12/h2-3,6,11H,4-5,7,15H2,1H3. The van der Waals surface area contributed by atoms with E-state index in [-0.39, 0.29) is 11.1 Å². The van der Waals surface area contributed by atoms with E-state index in [4.69, 9.17) is 10.5 Å². The summed E-state index contributed by atoms with van der Waals surface area (Å²) in [6.45, 7) is 0. The van der Waals surface area contributed by atoms with Crippen molar-refractivity contribution in [1.82, 2.24) is 0 Å². The molecule has 2 N–H and O–H groups in total. The van der Waals surface area contributed by atoms with Crippen LogP contribution in [0.15, 0.2) is 18.2 Å². The topological polar surface area (TPSA) is 35.2 Å². The number of ether oxygens (including phenoxy) is 1. The fourth-order valence-corrected chi connectivity index (χ4v) is 1.79. The summed E-state index contributed by atoms with van der Waals surface area (Å²) < 4.78 is 30.6. The van der Waals surface area contributed by atoms with E-state index in [1.807, 2.05) is 0 Å². The molecule has 0 saturated heterocycles. The minimum absolute atomic E-state index is 0.0672. The third kappa shape index (κ3) is 2.32. The molecule has 0 aliphatic heterocycles. The number of hydrogen-bond acceptors (Lipinski definition) is 2. The molecule has 0 spiro atoms. The molecule has 1 aromatic carbocycles. The molecule has 0 unspecified atom stereocenters. The molecule has 0 heterocycles. The van der Waals surface area contributed by atoms with E-state index in [2.05, 4.69) is 0 Å². The van der Waals surface area contributed by atoms with Crippen LogP contribution < -0.4 is 10.5 Å². The van der Waals surface area contributed by atoms with Crippen LogP contribution in [0.1, 0.15) is 30.4 Å². The summed E-state index contributed by atoms with van der Waals surface area (Å²) in [6.07, 6.45) is -0.132. The third-order valence-electron chi connectivity index (χ3n) is 3.02. The molecule has 2 nitrogen and oxygen atoms in total. The van der Waals surface area contributed by atoms with Gasteiger partial charge < -0.3 is 10.5 Å². The zero-order valence-electron chi connectivity index (χ0n) is 9.17. The highest BCUT2D eigenvalue weighted by molar-refractivity contribution is 5.38. The van der Waals surface area contributed by atoms with Gasteiger partial charge in [-0.2, -0.15) is 0 Å².